The number of carboxylic acids is 1. The van der Waals surface area contributed by atoms with Crippen molar-refractivity contribution in [1.82, 2.24) is 4.98 Å². The molecule has 0 aliphatic heterocycles. The van der Waals surface area contributed by atoms with E-state index in [-0.39, 0.29) is 6.42 Å². The van der Waals surface area contributed by atoms with Crippen LogP contribution in [0.1, 0.15) is 16.8 Å². The number of carboxylic acid groups (broad SMARTS) is 1. The van der Waals surface area contributed by atoms with Crippen LogP contribution in [-0.4, -0.2) is 16.1 Å². The molecule has 0 saturated carbocycles. The highest BCUT2D eigenvalue weighted by atomic mass is 16.4. The molecule has 0 aliphatic rings. The van der Waals surface area contributed by atoms with Crippen LogP contribution >= 0.6 is 0 Å². The summed E-state index contributed by atoms with van der Waals surface area (Å²) in [7, 11) is 0. The van der Waals surface area contributed by atoms with Crippen LogP contribution in [0.5, 0.6) is 0 Å². The fourth-order valence-electron chi connectivity index (χ4n) is 1.90. The van der Waals surface area contributed by atoms with E-state index in [0.717, 1.165) is 22.5 Å². The summed E-state index contributed by atoms with van der Waals surface area (Å²) >= 11 is 0. The molecule has 1 aromatic carbocycles. The van der Waals surface area contributed by atoms with Crippen molar-refractivity contribution in [2.24, 2.45) is 0 Å². The summed E-state index contributed by atoms with van der Waals surface area (Å²) in [6.07, 6.45) is 1.82. The normalized spacial score (nSPS) is 10.2. The Balaban J connectivity index is 2.03. The molecular weight excluding hydrogens is 240 g/mol. The molecule has 2 aromatic rings. The Morgan fingerprint density at radius 2 is 2.16 bits per heavy atom. The lowest BCUT2D eigenvalue weighted by molar-refractivity contribution is -0.136. The van der Waals surface area contributed by atoms with Gasteiger partial charge in [0.25, 0.3) is 0 Å². The van der Waals surface area contributed by atoms with Gasteiger partial charge in [0.15, 0.2) is 0 Å². The Bertz CT molecular complexity index is 568. The van der Waals surface area contributed by atoms with Crippen molar-refractivity contribution >= 4 is 11.7 Å². The number of aryl methyl sites for hydroxylation is 1. The van der Waals surface area contributed by atoms with Crippen LogP contribution in [0.4, 0.5) is 5.69 Å². The number of rotatable bonds is 5. The van der Waals surface area contributed by atoms with Crippen molar-refractivity contribution in [2.75, 3.05) is 5.32 Å². The Hall–Kier alpha value is -2.36. The van der Waals surface area contributed by atoms with Crippen LogP contribution in [0.3, 0.4) is 0 Å². The zero-order valence-corrected chi connectivity index (χ0v) is 10.8. The Labute approximate surface area is 112 Å². The summed E-state index contributed by atoms with van der Waals surface area (Å²) in [6, 6.07) is 11.4. The summed E-state index contributed by atoms with van der Waals surface area (Å²) in [5.74, 6) is -0.811. The first-order valence-electron chi connectivity index (χ1n) is 6.10. The highest BCUT2D eigenvalue weighted by Crippen LogP contribution is 2.17. The molecule has 0 radical (unpaired) electrons. The molecule has 2 rings (SSSR count). The standard InChI is InChI=1S/C15H16N2O2/c1-11-8-12(9-15(18)19)5-6-14(11)17-10-13-4-2-3-7-16-13/h2-8,17H,9-10H2,1H3,(H,18,19). The smallest absolute Gasteiger partial charge is 0.307 e. The molecule has 4 heteroatoms. The maximum absolute atomic E-state index is 10.7. The Morgan fingerprint density at radius 1 is 1.32 bits per heavy atom. The number of hydrogen-bond acceptors (Lipinski definition) is 3. The third kappa shape index (κ3) is 3.81. The molecule has 0 saturated heterocycles. The van der Waals surface area contributed by atoms with Crippen LogP contribution in [-0.2, 0) is 17.8 Å². The molecule has 19 heavy (non-hydrogen) atoms. The second-order valence-corrected chi connectivity index (χ2v) is 4.39. The van der Waals surface area contributed by atoms with Crippen molar-refractivity contribution in [3.05, 3.63) is 59.4 Å². The van der Waals surface area contributed by atoms with E-state index >= 15 is 0 Å². The SMILES string of the molecule is Cc1cc(CC(=O)O)ccc1NCc1ccccn1. The fourth-order valence-corrected chi connectivity index (χ4v) is 1.90. The summed E-state index contributed by atoms with van der Waals surface area (Å²) in [5.41, 5.74) is 3.82. The minimum atomic E-state index is -0.811. The first kappa shape index (κ1) is 13.1. The van der Waals surface area contributed by atoms with E-state index in [1.165, 1.54) is 0 Å². The molecule has 0 bridgehead atoms. The van der Waals surface area contributed by atoms with Gasteiger partial charge in [0.1, 0.15) is 0 Å². The lowest BCUT2D eigenvalue weighted by Gasteiger charge is -2.10. The molecule has 0 spiro atoms. The minimum absolute atomic E-state index is 0.0569. The van der Waals surface area contributed by atoms with Crippen molar-refractivity contribution in [1.29, 1.82) is 0 Å². The second-order valence-electron chi connectivity index (χ2n) is 4.39. The average molecular weight is 256 g/mol. The largest absolute Gasteiger partial charge is 0.481 e. The molecule has 0 aliphatic carbocycles. The molecule has 1 aromatic heterocycles. The highest BCUT2D eigenvalue weighted by Gasteiger charge is 2.04. The predicted octanol–water partition coefficient (Wildman–Crippen LogP) is 2.63. The monoisotopic (exact) mass is 256 g/mol. The number of nitrogens with zero attached hydrogens (tertiary/aromatic N) is 1. The van der Waals surface area contributed by atoms with Crippen molar-refractivity contribution in [3.63, 3.8) is 0 Å². The Morgan fingerprint density at radius 3 is 2.79 bits per heavy atom. The van der Waals surface area contributed by atoms with Crippen LogP contribution < -0.4 is 5.32 Å². The second kappa shape index (κ2) is 6.00. The quantitative estimate of drug-likeness (QED) is 0.863. The first-order chi connectivity index (χ1) is 9.15. The summed E-state index contributed by atoms with van der Waals surface area (Å²) in [5, 5.41) is 12.1. The number of pyridine rings is 1. The molecule has 1 heterocycles. The molecule has 2 N–H and O–H groups in total. The van der Waals surface area contributed by atoms with Gasteiger partial charge in [0.05, 0.1) is 18.7 Å². The molecule has 4 nitrogen and oxygen atoms in total. The molecule has 98 valence electrons. The maximum Gasteiger partial charge on any atom is 0.307 e. The van der Waals surface area contributed by atoms with E-state index in [0.29, 0.717) is 6.54 Å². The maximum atomic E-state index is 10.7. The topological polar surface area (TPSA) is 62.2 Å². The van der Waals surface area contributed by atoms with Gasteiger partial charge in [-0.2, -0.15) is 0 Å². The van der Waals surface area contributed by atoms with Crippen LogP contribution in [0, 0.1) is 6.92 Å². The molecule has 0 amide bonds. The number of aliphatic carboxylic acids is 1. The van der Waals surface area contributed by atoms with E-state index < -0.39 is 5.97 Å². The number of carbonyl (C=O) groups is 1. The number of nitrogens with one attached hydrogen (secondary N) is 1. The number of anilines is 1. The van der Waals surface area contributed by atoms with Gasteiger partial charge in [-0.25, -0.2) is 0 Å². The van der Waals surface area contributed by atoms with Gasteiger partial charge in [0.2, 0.25) is 0 Å². The summed E-state index contributed by atoms with van der Waals surface area (Å²) in [4.78, 5) is 14.9. The van der Waals surface area contributed by atoms with Gasteiger partial charge in [-0.05, 0) is 36.2 Å². The van der Waals surface area contributed by atoms with Crippen molar-refractivity contribution in [3.8, 4) is 0 Å². The van der Waals surface area contributed by atoms with E-state index in [1.807, 2.05) is 43.3 Å². The summed E-state index contributed by atoms with van der Waals surface area (Å²) < 4.78 is 0. The van der Waals surface area contributed by atoms with E-state index in [4.69, 9.17) is 5.11 Å². The fraction of sp³-hybridized carbons (Fsp3) is 0.200. The van der Waals surface area contributed by atoms with Gasteiger partial charge in [-0.15, -0.1) is 0 Å². The summed E-state index contributed by atoms with van der Waals surface area (Å²) in [6.45, 7) is 2.62. The van der Waals surface area contributed by atoms with Gasteiger partial charge < -0.3 is 10.4 Å². The first-order valence-corrected chi connectivity index (χ1v) is 6.10. The number of aromatic nitrogens is 1. The lowest BCUT2D eigenvalue weighted by Crippen LogP contribution is -2.04. The van der Waals surface area contributed by atoms with Crippen molar-refractivity contribution in [2.45, 2.75) is 19.9 Å². The van der Waals surface area contributed by atoms with E-state index in [2.05, 4.69) is 10.3 Å². The number of hydrogen-bond donors (Lipinski definition) is 2. The molecule has 0 atom stereocenters. The Kier molecular flexibility index (Phi) is 4.13. The molecular formula is C15H16N2O2. The van der Waals surface area contributed by atoms with Crippen LogP contribution in [0.25, 0.3) is 0 Å². The average Bonchev–Trinajstić information content (AvgIpc) is 2.38. The van der Waals surface area contributed by atoms with Gasteiger partial charge >= 0.3 is 5.97 Å². The minimum Gasteiger partial charge on any atom is -0.481 e. The zero-order chi connectivity index (χ0) is 13.7. The molecule has 0 fully saturated rings. The van der Waals surface area contributed by atoms with Crippen LogP contribution in [0.15, 0.2) is 42.6 Å². The predicted molar refractivity (Wildman–Crippen MR) is 74.1 cm³/mol. The van der Waals surface area contributed by atoms with Gasteiger partial charge in [-0.1, -0.05) is 18.2 Å². The lowest BCUT2D eigenvalue weighted by atomic mass is 10.1. The third-order valence-corrected chi connectivity index (χ3v) is 2.83. The third-order valence-electron chi connectivity index (χ3n) is 2.83. The van der Waals surface area contributed by atoms with E-state index in [9.17, 15) is 4.79 Å². The van der Waals surface area contributed by atoms with Crippen molar-refractivity contribution < 1.29 is 9.90 Å². The zero-order valence-electron chi connectivity index (χ0n) is 10.8. The number of benzene rings is 1. The van der Waals surface area contributed by atoms with Gasteiger partial charge in [0, 0.05) is 11.9 Å². The van der Waals surface area contributed by atoms with Gasteiger partial charge in [-0.3, -0.25) is 9.78 Å². The van der Waals surface area contributed by atoms with E-state index in [1.54, 1.807) is 6.20 Å². The van der Waals surface area contributed by atoms with Crippen LogP contribution in [0.2, 0.25) is 0 Å². The molecule has 0 unspecified atom stereocenters. The highest BCUT2D eigenvalue weighted by molar-refractivity contribution is 5.70.